The fourth-order valence-electron chi connectivity index (χ4n) is 4.14. The number of rotatable bonds is 3. The molecule has 0 radical (unpaired) electrons. The van der Waals surface area contributed by atoms with Crippen LogP contribution in [-0.2, 0) is 6.54 Å². The fourth-order valence-corrected chi connectivity index (χ4v) is 4.14. The van der Waals surface area contributed by atoms with E-state index in [0.717, 1.165) is 16.6 Å². The van der Waals surface area contributed by atoms with E-state index in [4.69, 9.17) is 10.4 Å². The van der Waals surface area contributed by atoms with Gasteiger partial charge in [-0.1, -0.05) is 25.3 Å². The minimum Gasteiger partial charge on any atom is -0.326 e. The summed E-state index contributed by atoms with van der Waals surface area (Å²) in [5.41, 5.74) is 5.07. The van der Waals surface area contributed by atoms with Crippen LogP contribution in [0, 0.1) is 19.3 Å². The van der Waals surface area contributed by atoms with Crippen molar-refractivity contribution in [3.63, 3.8) is 0 Å². The first-order chi connectivity index (χ1) is 12.2. The van der Waals surface area contributed by atoms with E-state index in [1.165, 1.54) is 43.4 Å². The lowest BCUT2D eigenvalue weighted by atomic mass is 9.95. The molecular weight excluding hydrogens is 310 g/mol. The quantitative estimate of drug-likeness (QED) is 0.789. The highest BCUT2D eigenvalue weighted by molar-refractivity contribution is 5.80. The van der Waals surface area contributed by atoms with Gasteiger partial charge < -0.3 is 9.13 Å². The van der Waals surface area contributed by atoms with Crippen molar-refractivity contribution in [3.8, 4) is 0 Å². The predicted molar refractivity (Wildman–Crippen MR) is 98.5 cm³/mol. The second-order valence-electron chi connectivity index (χ2n) is 7.15. The van der Waals surface area contributed by atoms with Gasteiger partial charge in [-0.25, -0.2) is 4.98 Å². The predicted octanol–water partition coefficient (Wildman–Crippen LogP) is 3.88. The van der Waals surface area contributed by atoms with Gasteiger partial charge in [-0.15, -0.1) is 0 Å². The largest absolute Gasteiger partial charge is 0.326 e. The third-order valence-corrected chi connectivity index (χ3v) is 5.59. The van der Waals surface area contributed by atoms with Crippen LogP contribution in [-0.4, -0.2) is 19.1 Å². The molecule has 1 saturated carbocycles. The van der Waals surface area contributed by atoms with Crippen molar-refractivity contribution in [1.29, 1.82) is 5.41 Å². The summed E-state index contributed by atoms with van der Waals surface area (Å²) in [5, 5.41) is 9.74. The van der Waals surface area contributed by atoms with Crippen molar-refractivity contribution >= 4 is 11.0 Å². The average molecular weight is 335 g/mol. The summed E-state index contributed by atoms with van der Waals surface area (Å²) in [4.78, 5) is 8.95. The molecule has 0 bridgehead atoms. The molecule has 0 aromatic carbocycles. The Kier molecular flexibility index (Phi) is 4.15. The van der Waals surface area contributed by atoms with Crippen LogP contribution in [0.3, 0.4) is 0 Å². The number of fused-ring (bicyclic) bond motifs is 1. The van der Waals surface area contributed by atoms with Crippen molar-refractivity contribution in [1.82, 2.24) is 19.1 Å². The summed E-state index contributed by atoms with van der Waals surface area (Å²) in [6, 6.07) is 4.50. The maximum Gasteiger partial charge on any atom is 0.146 e. The molecular formula is C20H25N5. The molecule has 1 aliphatic rings. The van der Waals surface area contributed by atoms with Gasteiger partial charge in [-0.3, -0.25) is 10.4 Å². The van der Waals surface area contributed by atoms with E-state index in [1.54, 1.807) is 6.20 Å². The molecule has 0 unspecified atom stereocenters. The molecule has 1 N–H and O–H groups in total. The van der Waals surface area contributed by atoms with Crippen LogP contribution >= 0.6 is 0 Å². The van der Waals surface area contributed by atoms with Gasteiger partial charge in [0, 0.05) is 24.1 Å². The molecule has 0 atom stereocenters. The van der Waals surface area contributed by atoms with Crippen LogP contribution < -0.4 is 5.49 Å². The lowest BCUT2D eigenvalue weighted by Crippen LogP contribution is -2.22. The van der Waals surface area contributed by atoms with Gasteiger partial charge in [0.1, 0.15) is 11.1 Å². The van der Waals surface area contributed by atoms with Crippen molar-refractivity contribution in [2.45, 2.75) is 58.5 Å². The van der Waals surface area contributed by atoms with Crippen molar-refractivity contribution < 1.29 is 0 Å². The Morgan fingerprint density at radius 3 is 2.72 bits per heavy atom. The highest BCUT2D eigenvalue weighted by Crippen LogP contribution is 2.33. The Labute approximate surface area is 147 Å². The van der Waals surface area contributed by atoms with Gasteiger partial charge in [0.15, 0.2) is 0 Å². The maximum absolute atomic E-state index is 8.74. The minimum absolute atomic E-state index is 0.533. The Bertz CT molecular complexity index is 946. The third kappa shape index (κ3) is 2.77. The molecule has 0 saturated heterocycles. The monoisotopic (exact) mass is 335 g/mol. The zero-order valence-electron chi connectivity index (χ0n) is 15.0. The van der Waals surface area contributed by atoms with Crippen molar-refractivity contribution in [2.75, 3.05) is 0 Å². The van der Waals surface area contributed by atoms with Crippen LogP contribution in [0.2, 0.25) is 0 Å². The van der Waals surface area contributed by atoms with Gasteiger partial charge in [0.2, 0.25) is 0 Å². The standard InChI is InChI=1S/C20H25N5/c1-14-15(2)25(17-8-4-3-5-9-17)20-18(14)19(21)24(13-23-20)12-16-7-6-10-22-11-16/h6-7,10-11,13,17,21H,3-5,8-9,12H2,1-2H3. The lowest BCUT2D eigenvalue weighted by Gasteiger charge is -2.25. The van der Waals surface area contributed by atoms with Crippen LogP contribution in [0.1, 0.15) is 55.0 Å². The van der Waals surface area contributed by atoms with Crippen molar-refractivity contribution in [3.05, 3.63) is 53.2 Å². The first kappa shape index (κ1) is 16.1. The molecule has 0 spiro atoms. The van der Waals surface area contributed by atoms with Crippen LogP contribution in [0.25, 0.3) is 11.0 Å². The number of nitrogens with zero attached hydrogens (tertiary/aromatic N) is 4. The number of hydrogen-bond acceptors (Lipinski definition) is 3. The van der Waals surface area contributed by atoms with Gasteiger partial charge in [0.25, 0.3) is 0 Å². The molecule has 3 aromatic rings. The molecule has 3 heterocycles. The van der Waals surface area contributed by atoms with Gasteiger partial charge >= 0.3 is 0 Å². The number of hydrogen-bond donors (Lipinski definition) is 1. The van der Waals surface area contributed by atoms with Gasteiger partial charge in [-0.05, 0) is 43.9 Å². The highest BCUT2D eigenvalue weighted by Gasteiger charge is 2.22. The Morgan fingerprint density at radius 1 is 1.20 bits per heavy atom. The third-order valence-electron chi connectivity index (χ3n) is 5.59. The summed E-state index contributed by atoms with van der Waals surface area (Å²) >= 11 is 0. The molecule has 3 aromatic heterocycles. The first-order valence-electron chi connectivity index (χ1n) is 9.17. The second kappa shape index (κ2) is 6.47. The topological polar surface area (TPSA) is 59.5 Å². The zero-order valence-corrected chi connectivity index (χ0v) is 15.0. The van der Waals surface area contributed by atoms with E-state index < -0.39 is 0 Å². The minimum atomic E-state index is 0.533. The molecule has 5 heteroatoms. The molecule has 5 nitrogen and oxygen atoms in total. The maximum atomic E-state index is 8.74. The number of aromatic nitrogens is 4. The van der Waals surface area contributed by atoms with E-state index in [0.29, 0.717) is 18.1 Å². The molecule has 0 aliphatic heterocycles. The molecule has 1 fully saturated rings. The Hall–Kier alpha value is -2.43. The molecule has 25 heavy (non-hydrogen) atoms. The summed E-state index contributed by atoms with van der Waals surface area (Å²) in [5.74, 6) is 0. The zero-order chi connectivity index (χ0) is 17.4. The smallest absolute Gasteiger partial charge is 0.146 e. The Morgan fingerprint density at radius 2 is 2.00 bits per heavy atom. The summed E-state index contributed by atoms with van der Waals surface area (Å²) < 4.78 is 4.31. The molecule has 130 valence electrons. The van der Waals surface area contributed by atoms with Crippen molar-refractivity contribution in [2.24, 2.45) is 0 Å². The van der Waals surface area contributed by atoms with Gasteiger partial charge in [-0.2, -0.15) is 0 Å². The molecule has 0 amide bonds. The van der Waals surface area contributed by atoms with E-state index in [1.807, 2.05) is 29.2 Å². The van der Waals surface area contributed by atoms with E-state index >= 15 is 0 Å². The number of aryl methyl sites for hydroxylation is 1. The SMILES string of the molecule is Cc1c(C)n(C2CCCCC2)c2ncn(Cc3cccnc3)c(=N)c12. The number of nitrogens with one attached hydrogen (secondary N) is 1. The fraction of sp³-hybridized carbons (Fsp3) is 0.450. The molecule has 4 rings (SSSR count). The summed E-state index contributed by atoms with van der Waals surface area (Å²) in [6.07, 6.45) is 11.8. The normalized spacial score (nSPS) is 15.8. The van der Waals surface area contributed by atoms with E-state index in [-0.39, 0.29) is 0 Å². The van der Waals surface area contributed by atoms with Gasteiger partial charge in [0.05, 0.1) is 18.3 Å². The highest BCUT2D eigenvalue weighted by atomic mass is 15.1. The summed E-state index contributed by atoms with van der Waals surface area (Å²) in [7, 11) is 0. The Balaban J connectivity index is 1.82. The van der Waals surface area contributed by atoms with Crippen LogP contribution in [0.15, 0.2) is 30.9 Å². The van der Waals surface area contributed by atoms with E-state index in [9.17, 15) is 0 Å². The lowest BCUT2D eigenvalue weighted by molar-refractivity contribution is 0.355. The van der Waals surface area contributed by atoms with E-state index in [2.05, 4.69) is 23.4 Å². The second-order valence-corrected chi connectivity index (χ2v) is 7.15. The van der Waals surface area contributed by atoms with Crippen LogP contribution in [0.5, 0.6) is 0 Å². The first-order valence-corrected chi connectivity index (χ1v) is 9.17. The average Bonchev–Trinajstić information content (AvgIpc) is 2.90. The number of pyridine rings is 1. The van der Waals surface area contributed by atoms with Crippen LogP contribution in [0.4, 0.5) is 0 Å². The summed E-state index contributed by atoms with van der Waals surface area (Å²) in [6.45, 7) is 4.93. The molecule has 1 aliphatic carbocycles.